The molecule has 0 spiro atoms. The third-order valence-electron chi connectivity index (χ3n) is 1.89. The quantitative estimate of drug-likeness (QED) is 0.828. The van der Waals surface area contributed by atoms with Crippen LogP contribution in [0.3, 0.4) is 0 Å². The molecule has 0 aromatic heterocycles. The van der Waals surface area contributed by atoms with Crippen LogP contribution in [0.4, 0.5) is 0 Å². The van der Waals surface area contributed by atoms with Crippen LogP contribution in [0, 0.1) is 0 Å². The van der Waals surface area contributed by atoms with Crippen molar-refractivity contribution in [2.75, 3.05) is 6.26 Å². The Hall–Kier alpha value is -1.40. The Bertz CT molecular complexity index is 562. The third-order valence-corrected chi connectivity index (χ3v) is 3.45. The molecular formula is C9H7ClO5S. The number of hydrogen-bond donors (Lipinski definition) is 1. The van der Waals surface area contributed by atoms with Gasteiger partial charge in [0, 0.05) is 6.26 Å². The molecule has 16 heavy (non-hydrogen) atoms. The van der Waals surface area contributed by atoms with Crippen molar-refractivity contribution >= 4 is 33.7 Å². The van der Waals surface area contributed by atoms with E-state index in [0.717, 1.165) is 18.4 Å². The van der Waals surface area contributed by atoms with Crippen molar-refractivity contribution in [2.24, 2.45) is 0 Å². The van der Waals surface area contributed by atoms with E-state index in [1.165, 1.54) is 0 Å². The molecule has 0 saturated carbocycles. The highest BCUT2D eigenvalue weighted by atomic mass is 35.5. The van der Waals surface area contributed by atoms with E-state index in [-0.39, 0.29) is 27.3 Å². The van der Waals surface area contributed by atoms with E-state index in [0.29, 0.717) is 0 Å². The zero-order chi connectivity index (χ0) is 12.5. The molecule has 0 fully saturated rings. The Labute approximate surface area is 96.6 Å². The van der Waals surface area contributed by atoms with Crippen molar-refractivity contribution in [3.05, 3.63) is 28.3 Å². The number of hydrogen-bond acceptors (Lipinski definition) is 4. The minimum absolute atomic E-state index is 0.227. The highest BCUT2D eigenvalue weighted by Crippen LogP contribution is 2.26. The summed E-state index contributed by atoms with van der Waals surface area (Å²) in [6.45, 7) is 0. The van der Waals surface area contributed by atoms with E-state index in [1.54, 1.807) is 0 Å². The Morgan fingerprint density at radius 3 is 2.38 bits per heavy atom. The van der Waals surface area contributed by atoms with Gasteiger partial charge in [-0.05, 0) is 12.1 Å². The summed E-state index contributed by atoms with van der Waals surface area (Å²) in [6, 6.07) is 2.10. The van der Waals surface area contributed by atoms with Gasteiger partial charge in [-0.3, -0.25) is 4.79 Å². The molecule has 0 aliphatic rings. The molecule has 0 saturated heterocycles. The van der Waals surface area contributed by atoms with E-state index < -0.39 is 15.8 Å². The normalized spacial score (nSPS) is 11.1. The highest BCUT2D eigenvalue weighted by molar-refractivity contribution is 7.90. The number of halogens is 1. The van der Waals surface area contributed by atoms with Crippen LogP contribution in [0.1, 0.15) is 20.7 Å². The molecule has 0 atom stereocenters. The molecule has 0 aliphatic heterocycles. The largest absolute Gasteiger partial charge is 0.478 e. The van der Waals surface area contributed by atoms with Crippen molar-refractivity contribution in [3.8, 4) is 0 Å². The number of carbonyl (C=O) groups excluding carboxylic acids is 1. The second-order valence-corrected chi connectivity index (χ2v) is 5.40. The topological polar surface area (TPSA) is 88.5 Å². The van der Waals surface area contributed by atoms with Crippen molar-refractivity contribution in [3.63, 3.8) is 0 Å². The van der Waals surface area contributed by atoms with E-state index in [9.17, 15) is 18.0 Å². The van der Waals surface area contributed by atoms with Crippen molar-refractivity contribution in [2.45, 2.75) is 4.90 Å². The van der Waals surface area contributed by atoms with Gasteiger partial charge in [-0.1, -0.05) is 11.6 Å². The van der Waals surface area contributed by atoms with Crippen LogP contribution in [0.15, 0.2) is 17.0 Å². The smallest absolute Gasteiger partial charge is 0.337 e. The minimum atomic E-state index is -3.62. The first-order valence-electron chi connectivity index (χ1n) is 4.00. The zero-order valence-electron chi connectivity index (χ0n) is 8.10. The molecule has 86 valence electrons. The number of sulfone groups is 1. The van der Waals surface area contributed by atoms with E-state index >= 15 is 0 Å². The number of rotatable bonds is 3. The molecule has 0 bridgehead atoms. The van der Waals surface area contributed by atoms with Crippen LogP contribution >= 0.6 is 11.6 Å². The van der Waals surface area contributed by atoms with Gasteiger partial charge in [-0.2, -0.15) is 0 Å². The van der Waals surface area contributed by atoms with Crippen LogP contribution in [0.2, 0.25) is 5.02 Å². The maximum Gasteiger partial charge on any atom is 0.337 e. The maximum atomic E-state index is 11.3. The van der Waals surface area contributed by atoms with Gasteiger partial charge in [0.15, 0.2) is 16.1 Å². The van der Waals surface area contributed by atoms with Gasteiger partial charge in [0.25, 0.3) is 0 Å². The van der Waals surface area contributed by atoms with Crippen LogP contribution < -0.4 is 0 Å². The summed E-state index contributed by atoms with van der Waals surface area (Å²) in [4.78, 5) is 21.1. The Morgan fingerprint density at radius 1 is 1.44 bits per heavy atom. The van der Waals surface area contributed by atoms with E-state index in [4.69, 9.17) is 16.7 Å². The lowest BCUT2D eigenvalue weighted by Crippen LogP contribution is -2.06. The number of carboxylic acid groups (broad SMARTS) is 1. The molecule has 0 amide bonds. The fourth-order valence-corrected chi connectivity index (χ4v) is 2.38. The highest BCUT2D eigenvalue weighted by Gasteiger charge is 2.20. The lowest BCUT2D eigenvalue weighted by molar-refractivity contribution is 0.0697. The third kappa shape index (κ3) is 2.23. The van der Waals surface area contributed by atoms with E-state index in [2.05, 4.69) is 0 Å². The number of carbonyl (C=O) groups is 2. The first kappa shape index (κ1) is 12.7. The summed E-state index contributed by atoms with van der Waals surface area (Å²) >= 11 is 5.64. The Balaban J connectivity index is 3.67. The molecule has 1 aromatic rings. The van der Waals surface area contributed by atoms with Crippen molar-refractivity contribution in [1.82, 2.24) is 0 Å². The van der Waals surface area contributed by atoms with Gasteiger partial charge in [0.1, 0.15) is 0 Å². The molecule has 7 heteroatoms. The maximum absolute atomic E-state index is 11.3. The first-order valence-corrected chi connectivity index (χ1v) is 6.27. The molecule has 1 rings (SSSR count). The number of aromatic carboxylic acids is 1. The predicted octanol–water partition coefficient (Wildman–Crippen LogP) is 1.25. The van der Waals surface area contributed by atoms with Crippen LogP contribution in [0.25, 0.3) is 0 Å². The van der Waals surface area contributed by atoms with Gasteiger partial charge in [0.05, 0.1) is 21.0 Å². The average molecular weight is 263 g/mol. The molecule has 0 heterocycles. The van der Waals surface area contributed by atoms with Gasteiger partial charge in [-0.25, -0.2) is 13.2 Å². The van der Waals surface area contributed by atoms with Gasteiger partial charge in [-0.15, -0.1) is 0 Å². The SMILES string of the molecule is CS(=O)(=O)c1ccc(C(=O)O)c(Cl)c1C=O. The second-order valence-electron chi connectivity index (χ2n) is 3.03. The zero-order valence-corrected chi connectivity index (χ0v) is 9.67. The molecule has 1 aromatic carbocycles. The van der Waals surface area contributed by atoms with Gasteiger partial charge >= 0.3 is 5.97 Å². The molecule has 0 unspecified atom stereocenters. The lowest BCUT2D eigenvalue weighted by Gasteiger charge is -2.06. The summed E-state index contributed by atoms with van der Waals surface area (Å²) in [5, 5.41) is 8.36. The predicted molar refractivity (Wildman–Crippen MR) is 56.9 cm³/mol. The molecule has 0 aliphatic carbocycles. The lowest BCUT2D eigenvalue weighted by atomic mass is 10.1. The van der Waals surface area contributed by atoms with E-state index in [1.807, 2.05) is 0 Å². The van der Waals surface area contributed by atoms with Crippen LogP contribution in [0.5, 0.6) is 0 Å². The van der Waals surface area contributed by atoms with Gasteiger partial charge in [0.2, 0.25) is 0 Å². The fourth-order valence-electron chi connectivity index (χ4n) is 1.17. The Morgan fingerprint density at radius 2 is 2.00 bits per heavy atom. The number of benzene rings is 1. The summed E-state index contributed by atoms with van der Waals surface area (Å²) < 4.78 is 22.6. The van der Waals surface area contributed by atoms with Crippen LogP contribution in [-0.4, -0.2) is 32.0 Å². The average Bonchev–Trinajstić information content (AvgIpc) is 2.15. The summed E-state index contributed by atoms with van der Waals surface area (Å²) in [5.74, 6) is -1.33. The minimum Gasteiger partial charge on any atom is -0.478 e. The molecule has 1 N–H and O–H groups in total. The fraction of sp³-hybridized carbons (Fsp3) is 0.111. The standard InChI is InChI=1S/C9H7ClO5S/c1-16(14,15)7-3-2-5(9(12)13)8(10)6(7)4-11/h2-4H,1H3,(H,12,13). The second kappa shape index (κ2) is 4.23. The summed E-state index contributed by atoms with van der Waals surface area (Å²) in [5.41, 5.74) is -0.639. The molecule has 5 nitrogen and oxygen atoms in total. The number of aldehydes is 1. The molecular weight excluding hydrogens is 256 g/mol. The Kier molecular flexibility index (Phi) is 3.35. The van der Waals surface area contributed by atoms with Crippen molar-refractivity contribution < 1.29 is 23.1 Å². The van der Waals surface area contributed by atoms with Crippen LogP contribution in [-0.2, 0) is 9.84 Å². The van der Waals surface area contributed by atoms with Crippen molar-refractivity contribution in [1.29, 1.82) is 0 Å². The molecule has 0 radical (unpaired) electrons. The number of carboxylic acids is 1. The van der Waals surface area contributed by atoms with Gasteiger partial charge < -0.3 is 5.11 Å². The first-order chi connectivity index (χ1) is 7.29. The summed E-state index contributed by atoms with van der Waals surface area (Å²) in [7, 11) is -3.62. The summed E-state index contributed by atoms with van der Waals surface area (Å²) in [6.07, 6.45) is 1.14. The monoisotopic (exact) mass is 262 g/mol.